The van der Waals surface area contributed by atoms with Gasteiger partial charge in [0.05, 0.1) is 28.9 Å². The van der Waals surface area contributed by atoms with Crippen molar-refractivity contribution in [3.05, 3.63) is 51.5 Å². The second kappa shape index (κ2) is 7.57. The number of hydrogen-bond acceptors (Lipinski definition) is 3. The maximum absolute atomic E-state index is 6.13. The summed E-state index contributed by atoms with van der Waals surface area (Å²) in [7, 11) is 1.63. The van der Waals surface area contributed by atoms with Crippen molar-refractivity contribution in [3.63, 3.8) is 0 Å². The molecule has 0 saturated carbocycles. The molecule has 0 bridgehead atoms. The van der Waals surface area contributed by atoms with Gasteiger partial charge in [-0.25, -0.2) is 0 Å². The van der Waals surface area contributed by atoms with Crippen LogP contribution < -0.4 is 14.8 Å². The molecule has 0 aromatic heterocycles. The summed E-state index contributed by atoms with van der Waals surface area (Å²) < 4.78 is 11.8. The molecule has 0 spiro atoms. The molecule has 0 unspecified atom stereocenters. The van der Waals surface area contributed by atoms with Crippen molar-refractivity contribution in [1.29, 1.82) is 0 Å². The molecule has 112 valence electrons. The number of halogens is 2. The molecule has 2 rings (SSSR count). The van der Waals surface area contributed by atoms with E-state index in [-0.39, 0.29) is 0 Å². The van der Waals surface area contributed by atoms with Crippen molar-refractivity contribution >= 4 is 33.2 Å². The highest BCUT2D eigenvalue weighted by atomic mass is 79.9. The number of anilines is 1. The minimum atomic E-state index is 0.587. The van der Waals surface area contributed by atoms with E-state index in [2.05, 4.69) is 21.2 Å². The van der Waals surface area contributed by atoms with Gasteiger partial charge < -0.3 is 14.8 Å². The second-order valence-electron chi connectivity index (χ2n) is 4.38. The number of methoxy groups -OCH3 is 1. The molecular weight excluding hydrogens is 354 g/mol. The predicted octanol–water partition coefficient (Wildman–Crippen LogP) is 5.12. The van der Waals surface area contributed by atoms with Crippen molar-refractivity contribution in [2.75, 3.05) is 19.0 Å². The van der Waals surface area contributed by atoms with Gasteiger partial charge in [0.15, 0.2) is 11.5 Å². The van der Waals surface area contributed by atoms with Crippen molar-refractivity contribution in [1.82, 2.24) is 0 Å². The lowest BCUT2D eigenvalue weighted by molar-refractivity contribution is 0.309. The van der Waals surface area contributed by atoms with Crippen molar-refractivity contribution in [2.45, 2.75) is 13.5 Å². The van der Waals surface area contributed by atoms with E-state index in [0.717, 1.165) is 21.5 Å². The van der Waals surface area contributed by atoms with Gasteiger partial charge in [-0.2, -0.15) is 0 Å². The number of para-hydroxylation sites is 1. The molecule has 0 amide bonds. The fourth-order valence-corrected chi connectivity index (χ4v) is 2.84. The summed E-state index contributed by atoms with van der Waals surface area (Å²) in [6.45, 7) is 3.18. The van der Waals surface area contributed by atoms with Crippen LogP contribution in [0.3, 0.4) is 0 Å². The Bertz CT molecular complexity index is 619. The van der Waals surface area contributed by atoms with Crippen LogP contribution >= 0.6 is 27.5 Å². The summed E-state index contributed by atoms with van der Waals surface area (Å²) in [5, 5.41) is 4.02. The van der Waals surface area contributed by atoms with E-state index in [1.165, 1.54) is 0 Å². The van der Waals surface area contributed by atoms with Gasteiger partial charge in [0, 0.05) is 6.54 Å². The average Bonchev–Trinajstić information content (AvgIpc) is 2.47. The highest BCUT2D eigenvalue weighted by Gasteiger charge is 2.11. The first-order valence-electron chi connectivity index (χ1n) is 6.63. The molecule has 0 fully saturated rings. The Morgan fingerprint density at radius 2 is 2.00 bits per heavy atom. The van der Waals surface area contributed by atoms with Crippen molar-refractivity contribution in [3.8, 4) is 11.5 Å². The smallest absolute Gasteiger partial charge is 0.174 e. The van der Waals surface area contributed by atoms with Gasteiger partial charge in [-0.1, -0.05) is 23.7 Å². The summed E-state index contributed by atoms with van der Waals surface area (Å²) in [5.74, 6) is 1.43. The molecule has 0 aliphatic heterocycles. The quantitative estimate of drug-likeness (QED) is 0.765. The second-order valence-corrected chi connectivity index (χ2v) is 5.64. The maximum Gasteiger partial charge on any atom is 0.174 e. The first kappa shape index (κ1) is 16.0. The van der Waals surface area contributed by atoms with Gasteiger partial charge in [-0.05, 0) is 52.7 Å². The molecule has 1 N–H and O–H groups in total. The molecule has 0 aliphatic rings. The third-order valence-electron chi connectivity index (χ3n) is 2.93. The lowest BCUT2D eigenvalue weighted by Gasteiger charge is -2.14. The van der Waals surface area contributed by atoms with Gasteiger partial charge >= 0.3 is 0 Å². The molecule has 0 saturated heterocycles. The highest BCUT2D eigenvalue weighted by Crippen LogP contribution is 2.36. The number of ether oxygens (including phenoxy) is 2. The Hall–Kier alpha value is -1.39. The van der Waals surface area contributed by atoms with Crippen LogP contribution in [0.4, 0.5) is 5.69 Å². The molecule has 2 aromatic carbocycles. The van der Waals surface area contributed by atoms with E-state index in [1.807, 2.05) is 43.3 Å². The zero-order valence-corrected chi connectivity index (χ0v) is 14.3. The lowest BCUT2D eigenvalue weighted by atomic mass is 10.2. The Balaban J connectivity index is 2.19. The Kier molecular flexibility index (Phi) is 5.76. The SMILES string of the molecule is CCOc1cc(CNc2ccccc2Cl)cc(Br)c1OC. The average molecular weight is 371 g/mol. The lowest BCUT2D eigenvalue weighted by Crippen LogP contribution is -2.02. The molecule has 21 heavy (non-hydrogen) atoms. The standard InChI is InChI=1S/C16H17BrClNO2/c1-3-21-15-9-11(8-12(17)16(15)20-2)10-19-14-7-5-4-6-13(14)18/h4-9,19H,3,10H2,1-2H3. The van der Waals surface area contributed by atoms with Crippen LogP contribution in [0.2, 0.25) is 5.02 Å². The predicted molar refractivity (Wildman–Crippen MR) is 90.6 cm³/mol. The largest absolute Gasteiger partial charge is 0.492 e. The van der Waals surface area contributed by atoms with Gasteiger partial charge in [0.1, 0.15) is 0 Å². The first-order valence-corrected chi connectivity index (χ1v) is 7.80. The molecule has 0 heterocycles. The number of hydrogen-bond donors (Lipinski definition) is 1. The molecule has 0 radical (unpaired) electrons. The summed E-state index contributed by atoms with van der Waals surface area (Å²) in [6, 6.07) is 11.6. The van der Waals surface area contributed by atoms with Crippen LogP contribution in [0, 0.1) is 0 Å². The van der Waals surface area contributed by atoms with Crippen LogP contribution in [-0.4, -0.2) is 13.7 Å². The van der Waals surface area contributed by atoms with Crippen LogP contribution in [0.5, 0.6) is 11.5 Å². The summed E-state index contributed by atoms with van der Waals surface area (Å²) in [5.41, 5.74) is 1.98. The maximum atomic E-state index is 6.13. The van der Waals surface area contributed by atoms with Crippen LogP contribution in [0.1, 0.15) is 12.5 Å². The van der Waals surface area contributed by atoms with E-state index in [9.17, 15) is 0 Å². The molecule has 3 nitrogen and oxygen atoms in total. The van der Waals surface area contributed by atoms with Gasteiger partial charge in [-0.3, -0.25) is 0 Å². The minimum absolute atomic E-state index is 0.587. The molecule has 5 heteroatoms. The summed E-state index contributed by atoms with van der Waals surface area (Å²) >= 11 is 9.64. The summed E-state index contributed by atoms with van der Waals surface area (Å²) in [4.78, 5) is 0. The Morgan fingerprint density at radius 1 is 1.24 bits per heavy atom. The molecular formula is C16H17BrClNO2. The van der Waals surface area contributed by atoms with Crippen molar-refractivity contribution in [2.24, 2.45) is 0 Å². The topological polar surface area (TPSA) is 30.5 Å². The van der Waals surface area contributed by atoms with Gasteiger partial charge in [0.2, 0.25) is 0 Å². The molecule has 0 atom stereocenters. The molecule has 2 aromatic rings. The van der Waals surface area contributed by atoms with E-state index in [4.69, 9.17) is 21.1 Å². The number of benzene rings is 2. The monoisotopic (exact) mass is 369 g/mol. The highest BCUT2D eigenvalue weighted by molar-refractivity contribution is 9.10. The van der Waals surface area contributed by atoms with Crippen LogP contribution in [0.25, 0.3) is 0 Å². The zero-order valence-electron chi connectivity index (χ0n) is 12.0. The fraction of sp³-hybridized carbons (Fsp3) is 0.250. The van der Waals surface area contributed by atoms with E-state index < -0.39 is 0 Å². The van der Waals surface area contributed by atoms with Crippen molar-refractivity contribution < 1.29 is 9.47 Å². The Labute approximate surface area is 138 Å². The number of rotatable bonds is 6. The number of nitrogens with one attached hydrogen (secondary N) is 1. The fourth-order valence-electron chi connectivity index (χ4n) is 1.99. The third kappa shape index (κ3) is 4.05. The van der Waals surface area contributed by atoms with E-state index in [0.29, 0.717) is 23.9 Å². The van der Waals surface area contributed by atoms with Gasteiger partial charge in [0.25, 0.3) is 0 Å². The van der Waals surface area contributed by atoms with E-state index in [1.54, 1.807) is 7.11 Å². The normalized spacial score (nSPS) is 10.3. The van der Waals surface area contributed by atoms with Crippen LogP contribution in [-0.2, 0) is 6.54 Å². The van der Waals surface area contributed by atoms with Gasteiger partial charge in [-0.15, -0.1) is 0 Å². The summed E-state index contributed by atoms with van der Waals surface area (Å²) in [6.07, 6.45) is 0. The Morgan fingerprint density at radius 3 is 2.67 bits per heavy atom. The first-order chi connectivity index (χ1) is 10.2. The third-order valence-corrected chi connectivity index (χ3v) is 3.85. The van der Waals surface area contributed by atoms with E-state index >= 15 is 0 Å². The zero-order chi connectivity index (χ0) is 15.2. The minimum Gasteiger partial charge on any atom is -0.492 e. The van der Waals surface area contributed by atoms with Crippen LogP contribution in [0.15, 0.2) is 40.9 Å². The molecule has 0 aliphatic carbocycles.